The summed E-state index contributed by atoms with van der Waals surface area (Å²) in [4.78, 5) is 13.2. The molecule has 9 heteroatoms. The fourth-order valence-electron chi connectivity index (χ4n) is 4.99. The number of imidazole rings is 1. The van der Waals surface area contributed by atoms with Crippen molar-refractivity contribution in [3.63, 3.8) is 0 Å². The lowest BCUT2D eigenvalue weighted by molar-refractivity contribution is -0.695. The smallest absolute Gasteiger partial charge is 0.252 e. The van der Waals surface area contributed by atoms with Crippen LogP contribution in [0, 0.1) is 6.92 Å². The molecule has 0 bridgehead atoms. The average Bonchev–Trinajstić information content (AvgIpc) is 3.43. The number of sulfonamides is 1. The number of aryl methyl sites for hydroxylation is 1. The number of H-pyrrole nitrogens is 1. The van der Waals surface area contributed by atoms with Crippen LogP contribution in [-0.2, 0) is 21.9 Å². The molecule has 2 aliphatic carbocycles. The summed E-state index contributed by atoms with van der Waals surface area (Å²) >= 11 is 0. The highest BCUT2D eigenvalue weighted by molar-refractivity contribution is 7.88. The van der Waals surface area contributed by atoms with E-state index in [0.29, 0.717) is 25.1 Å². The van der Waals surface area contributed by atoms with E-state index in [-0.39, 0.29) is 11.5 Å². The second-order valence-corrected chi connectivity index (χ2v) is 11.7. The Morgan fingerprint density at radius 2 is 1.93 bits per heavy atom. The second-order valence-electron chi connectivity index (χ2n) is 9.74. The van der Waals surface area contributed by atoms with Crippen LogP contribution in [0.1, 0.15) is 62.7 Å². The molecule has 0 spiro atoms. The van der Waals surface area contributed by atoms with E-state index >= 15 is 0 Å². The van der Waals surface area contributed by atoms with Crippen molar-refractivity contribution in [1.82, 2.24) is 19.3 Å². The van der Waals surface area contributed by atoms with Gasteiger partial charge in [0.2, 0.25) is 16.0 Å². The van der Waals surface area contributed by atoms with Gasteiger partial charge in [0.25, 0.3) is 5.82 Å². The normalized spacial score (nSPS) is 21.9. The van der Waals surface area contributed by atoms with Crippen LogP contribution in [0.2, 0.25) is 0 Å². The molecular formula is C21H31N6O2S+. The number of fused-ring (bicyclic) bond motifs is 3. The lowest BCUT2D eigenvalue weighted by atomic mass is 9.77. The van der Waals surface area contributed by atoms with E-state index in [0.717, 1.165) is 25.0 Å². The summed E-state index contributed by atoms with van der Waals surface area (Å²) in [5, 5.41) is 3.46. The van der Waals surface area contributed by atoms with Crippen molar-refractivity contribution in [2.24, 2.45) is 0 Å². The summed E-state index contributed by atoms with van der Waals surface area (Å²) in [5.74, 6) is 1.84. The van der Waals surface area contributed by atoms with Crippen molar-refractivity contribution in [3.05, 3.63) is 23.3 Å². The zero-order chi connectivity index (χ0) is 21.3. The van der Waals surface area contributed by atoms with Crippen molar-refractivity contribution >= 4 is 16.0 Å². The Morgan fingerprint density at radius 3 is 2.57 bits per heavy atom. The molecule has 2 fully saturated rings. The maximum atomic E-state index is 11.8. The third-order valence-electron chi connectivity index (χ3n) is 6.71. The van der Waals surface area contributed by atoms with Gasteiger partial charge in [-0.25, -0.2) is 32.2 Å². The predicted octanol–water partition coefficient (Wildman–Crippen LogP) is 2.07. The van der Waals surface area contributed by atoms with E-state index in [1.165, 1.54) is 41.9 Å². The third kappa shape index (κ3) is 3.41. The highest BCUT2D eigenvalue weighted by atomic mass is 32.2. The van der Waals surface area contributed by atoms with Gasteiger partial charge in [-0.15, -0.1) is 0 Å². The first kappa shape index (κ1) is 19.9. The minimum Gasteiger partial charge on any atom is -0.351 e. The maximum absolute atomic E-state index is 11.8. The van der Waals surface area contributed by atoms with Crippen LogP contribution in [0.15, 0.2) is 6.20 Å². The summed E-state index contributed by atoms with van der Waals surface area (Å²) in [6, 6.07) is 0.752. The summed E-state index contributed by atoms with van der Waals surface area (Å²) in [6.45, 7) is 7.80. The Kier molecular flexibility index (Phi) is 4.49. The number of aromatic amines is 1. The van der Waals surface area contributed by atoms with Crippen molar-refractivity contribution in [3.8, 4) is 11.4 Å². The second kappa shape index (κ2) is 6.75. The van der Waals surface area contributed by atoms with Gasteiger partial charge >= 0.3 is 0 Å². The SMILES string of the molecule is Cc1[nH]c2c([n+]1C1CC1)-c1nc(NC3CCN(S(C)(=O)=O)CC3)ncc1CC2(C)C. The van der Waals surface area contributed by atoms with E-state index < -0.39 is 10.0 Å². The molecule has 30 heavy (non-hydrogen) atoms. The standard InChI is InChI=1S/C21H30N6O2S/c1-13-23-19-18(27(13)16-5-6-16)17-14(11-21(19,2)3)12-22-20(25-17)24-15-7-9-26(10-8-15)30(4,28)29/h12,15-16H,5-11H2,1-4H3,(H,22,24,25)/p+1. The molecule has 162 valence electrons. The van der Waals surface area contributed by atoms with Crippen LogP contribution in [-0.4, -0.2) is 53.1 Å². The van der Waals surface area contributed by atoms with Crippen LogP contribution in [0.5, 0.6) is 0 Å². The molecule has 0 aromatic carbocycles. The number of hydrogen-bond acceptors (Lipinski definition) is 5. The van der Waals surface area contributed by atoms with Gasteiger partial charge in [-0.1, -0.05) is 13.8 Å². The molecule has 3 heterocycles. The summed E-state index contributed by atoms with van der Waals surface area (Å²) in [7, 11) is -3.12. The number of nitrogens with one attached hydrogen (secondary N) is 2. The minimum absolute atomic E-state index is 0.0179. The number of piperidine rings is 1. The first-order valence-corrected chi connectivity index (χ1v) is 12.7. The Labute approximate surface area is 178 Å². The molecule has 8 nitrogen and oxygen atoms in total. The monoisotopic (exact) mass is 431 g/mol. The van der Waals surface area contributed by atoms with E-state index in [9.17, 15) is 8.42 Å². The van der Waals surface area contributed by atoms with Crippen LogP contribution < -0.4 is 9.88 Å². The van der Waals surface area contributed by atoms with Crippen molar-refractivity contribution < 1.29 is 13.0 Å². The van der Waals surface area contributed by atoms with Gasteiger partial charge < -0.3 is 5.32 Å². The highest BCUT2D eigenvalue weighted by Crippen LogP contribution is 2.43. The number of nitrogens with zero attached hydrogens (tertiary/aromatic N) is 4. The molecule has 3 aliphatic rings. The van der Waals surface area contributed by atoms with Gasteiger partial charge in [-0.3, -0.25) is 0 Å². The topological polar surface area (TPSA) is 94.9 Å². The summed E-state index contributed by atoms with van der Waals surface area (Å²) < 4.78 is 27.5. The van der Waals surface area contributed by atoms with E-state index in [1.807, 2.05) is 6.20 Å². The fraction of sp³-hybridized carbons (Fsp3) is 0.667. The number of rotatable bonds is 4. The quantitative estimate of drug-likeness (QED) is 0.723. The van der Waals surface area contributed by atoms with Crippen molar-refractivity contribution in [2.45, 2.75) is 70.4 Å². The molecule has 0 amide bonds. The van der Waals surface area contributed by atoms with Gasteiger partial charge in [0, 0.05) is 43.2 Å². The Bertz CT molecular complexity index is 1090. The lowest BCUT2D eigenvalue weighted by Crippen LogP contribution is -2.42. The average molecular weight is 432 g/mol. The molecule has 2 aromatic heterocycles. The number of aromatic nitrogens is 4. The minimum atomic E-state index is -3.12. The van der Waals surface area contributed by atoms with Gasteiger partial charge in [0.1, 0.15) is 11.7 Å². The van der Waals surface area contributed by atoms with Crippen molar-refractivity contribution in [2.75, 3.05) is 24.7 Å². The third-order valence-corrected chi connectivity index (χ3v) is 8.01. The molecule has 2 aromatic rings. The van der Waals surface area contributed by atoms with E-state index in [1.54, 1.807) is 4.31 Å². The molecular weight excluding hydrogens is 400 g/mol. The highest BCUT2D eigenvalue weighted by Gasteiger charge is 2.45. The Hall–Kier alpha value is -2.00. The Balaban J connectivity index is 1.44. The van der Waals surface area contributed by atoms with E-state index in [2.05, 4.69) is 40.6 Å². The predicted molar refractivity (Wildman–Crippen MR) is 115 cm³/mol. The lowest BCUT2D eigenvalue weighted by Gasteiger charge is -2.31. The molecule has 0 atom stereocenters. The largest absolute Gasteiger partial charge is 0.351 e. The van der Waals surface area contributed by atoms with E-state index in [4.69, 9.17) is 4.98 Å². The molecule has 1 saturated heterocycles. The van der Waals surface area contributed by atoms with Crippen LogP contribution in [0.25, 0.3) is 11.4 Å². The van der Waals surface area contributed by atoms with Gasteiger partial charge in [0.05, 0.1) is 6.26 Å². The molecule has 2 N–H and O–H groups in total. The molecule has 0 radical (unpaired) electrons. The molecule has 1 saturated carbocycles. The van der Waals surface area contributed by atoms with Crippen LogP contribution in [0.3, 0.4) is 0 Å². The molecule has 0 unspecified atom stereocenters. The zero-order valence-corrected chi connectivity index (χ0v) is 19.0. The molecule has 1 aliphatic heterocycles. The van der Waals surface area contributed by atoms with Crippen LogP contribution >= 0.6 is 0 Å². The number of anilines is 1. The van der Waals surface area contributed by atoms with Gasteiger partial charge in [0.15, 0.2) is 11.4 Å². The first-order valence-electron chi connectivity index (χ1n) is 10.9. The van der Waals surface area contributed by atoms with Crippen molar-refractivity contribution in [1.29, 1.82) is 0 Å². The summed E-state index contributed by atoms with van der Waals surface area (Å²) in [6.07, 6.45) is 8.13. The maximum Gasteiger partial charge on any atom is 0.252 e. The Morgan fingerprint density at radius 1 is 1.23 bits per heavy atom. The number of hydrogen-bond donors (Lipinski definition) is 2. The molecule has 5 rings (SSSR count). The first-order chi connectivity index (χ1) is 14.1. The fourth-order valence-corrected chi connectivity index (χ4v) is 5.86. The van der Waals surface area contributed by atoms with Gasteiger partial charge in [-0.2, -0.15) is 0 Å². The van der Waals surface area contributed by atoms with Crippen LogP contribution in [0.4, 0.5) is 5.95 Å². The zero-order valence-electron chi connectivity index (χ0n) is 18.2. The summed E-state index contributed by atoms with van der Waals surface area (Å²) in [5.41, 5.74) is 4.73. The van der Waals surface area contributed by atoms with Gasteiger partial charge in [-0.05, 0) is 32.1 Å².